The summed E-state index contributed by atoms with van der Waals surface area (Å²) in [6, 6.07) is 14.8. The van der Waals surface area contributed by atoms with Gasteiger partial charge in [-0.2, -0.15) is 4.98 Å². The highest BCUT2D eigenvalue weighted by Crippen LogP contribution is 2.27. The molecule has 0 aliphatic heterocycles. The third-order valence-electron chi connectivity index (χ3n) is 4.97. The average Bonchev–Trinajstić information content (AvgIpc) is 3.15. The Morgan fingerprint density at radius 2 is 1.91 bits per heavy atom. The maximum absolute atomic E-state index is 14.5. The summed E-state index contributed by atoms with van der Waals surface area (Å²) in [4.78, 5) is 8.34. The molecule has 0 aliphatic rings. The van der Waals surface area contributed by atoms with Crippen LogP contribution in [0.3, 0.4) is 0 Å². The van der Waals surface area contributed by atoms with Crippen LogP contribution in [0.5, 0.6) is 11.5 Å². The number of rotatable bonds is 8. The zero-order chi connectivity index (χ0) is 22.5. The van der Waals surface area contributed by atoms with E-state index >= 15 is 0 Å². The Morgan fingerprint density at radius 1 is 1.09 bits per heavy atom. The summed E-state index contributed by atoms with van der Waals surface area (Å²) < 4.78 is 21.3. The van der Waals surface area contributed by atoms with Gasteiger partial charge in [0.2, 0.25) is 5.95 Å². The van der Waals surface area contributed by atoms with Crippen molar-refractivity contribution < 1.29 is 14.2 Å². The number of benzene rings is 2. The monoisotopic (exact) mass is 433 g/mol. The van der Waals surface area contributed by atoms with E-state index in [1.165, 1.54) is 24.8 Å². The molecule has 0 atom stereocenters. The molecule has 2 aromatic carbocycles. The zero-order valence-electron chi connectivity index (χ0n) is 17.8. The Labute approximate surface area is 185 Å². The molecule has 7 nitrogen and oxygen atoms in total. The van der Waals surface area contributed by atoms with Crippen LogP contribution in [0, 0.1) is 12.7 Å². The molecule has 164 valence electrons. The van der Waals surface area contributed by atoms with Gasteiger partial charge in [0.25, 0.3) is 0 Å². The molecule has 2 heterocycles. The third kappa shape index (κ3) is 5.04. The van der Waals surface area contributed by atoms with Gasteiger partial charge in [-0.25, -0.2) is 9.37 Å². The topological polar surface area (TPSA) is 84.2 Å². The highest BCUT2D eigenvalue weighted by Gasteiger charge is 2.12. The lowest BCUT2D eigenvalue weighted by Crippen LogP contribution is -2.12. The molecule has 4 rings (SSSR count). The van der Waals surface area contributed by atoms with Gasteiger partial charge in [0.05, 0.1) is 13.3 Å². The predicted octanol–water partition coefficient (Wildman–Crippen LogP) is 4.46. The number of aromatic nitrogens is 3. The number of phenolic OH excluding ortho intramolecular Hbond substituents is 1. The molecule has 2 aromatic heterocycles. The first-order chi connectivity index (χ1) is 15.5. The zero-order valence-corrected chi connectivity index (χ0v) is 17.8. The standard InChI is InChI=1S/C24H24FN5O2/c1-16-14-30(15-18(16)12-26-11-17-6-4-3-5-7-17)23-22(25)13-27-24(29-23)28-19-8-20(31)10-21(9-19)32-2/h3-10,13-15,26,31H,11-12H2,1-2H3,(H,27,28,29). The fraction of sp³-hybridized carbons (Fsp3) is 0.167. The lowest BCUT2D eigenvalue weighted by molar-refractivity contribution is 0.408. The first-order valence-electron chi connectivity index (χ1n) is 10.1. The molecule has 0 saturated carbocycles. The minimum absolute atomic E-state index is 0.0304. The molecule has 0 saturated heterocycles. The number of hydrogen-bond donors (Lipinski definition) is 3. The Hall–Kier alpha value is -3.91. The van der Waals surface area contributed by atoms with E-state index in [4.69, 9.17) is 4.74 Å². The Morgan fingerprint density at radius 3 is 2.69 bits per heavy atom. The lowest BCUT2D eigenvalue weighted by Gasteiger charge is -2.10. The first kappa shape index (κ1) is 21.3. The van der Waals surface area contributed by atoms with E-state index in [9.17, 15) is 9.50 Å². The summed E-state index contributed by atoms with van der Waals surface area (Å²) in [6.07, 6.45) is 4.82. The summed E-state index contributed by atoms with van der Waals surface area (Å²) in [5.74, 6) is 0.297. The second-order valence-electron chi connectivity index (χ2n) is 7.37. The number of anilines is 2. The van der Waals surface area contributed by atoms with Gasteiger partial charge in [0, 0.05) is 49.4 Å². The minimum Gasteiger partial charge on any atom is -0.508 e. The first-order valence-corrected chi connectivity index (χ1v) is 10.1. The van der Waals surface area contributed by atoms with Crippen molar-refractivity contribution in [2.24, 2.45) is 0 Å². The van der Waals surface area contributed by atoms with Crippen molar-refractivity contribution in [1.82, 2.24) is 19.9 Å². The molecule has 0 fully saturated rings. The van der Waals surface area contributed by atoms with Crippen molar-refractivity contribution in [2.45, 2.75) is 20.0 Å². The van der Waals surface area contributed by atoms with Crippen molar-refractivity contribution in [1.29, 1.82) is 0 Å². The van der Waals surface area contributed by atoms with Gasteiger partial charge in [0.15, 0.2) is 11.6 Å². The molecule has 0 spiro atoms. The fourth-order valence-corrected chi connectivity index (χ4v) is 3.35. The number of hydrogen-bond acceptors (Lipinski definition) is 6. The van der Waals surface area contributed by atoms with Gasteiger partial charge in [-0.1, -0.05) is 30.3 Å². The molecular weight excluding hydrogens is 409 g/mol. The number of nitrogens with zero attached hydrogens (tertiary/aromatic N) is 3. The largest absolute Gasteiger partial charge is 0.508 e. The van der Waals surface area contributed by atoms with Gasteiger partial charge in [0.1, 0.15) is 11.5 Å². The lowest BCUT2D eigenvalue weighted by atomic mass is 10.2. The molecule has 8 heteroatoms. The Kier molecular flexibility index (Phi) is 6.32. The van der Waals surface area contributed by atoms with E-state index in [1.54, 1.807) is 10.6 Å². The average molecular weight is 433 g/mol. The molecular formula is C24H24FN5O2. The van der Waals surface area contributed by atoms with Crippen LogP contribution in [-0.2, 0) is 13.1 Å². The Bertz CT molecular complexity index is 1210. The molecule has 4 aromatic rings. The van der Waals surface area contributed by atoms with Gasteiger partial charge in [-0.15, -0.1) is 0 Å². The quantitative estimate of drug-likeness (QED) is 0.380. The van der Waals surface area contributed by atoms with Crippen LogP contribution >= 0.6 is 0 Å². The van der Waals surface area contributed by atoms with Gasteiger partial charge < -0.3 is 25.0 Å². The second kappa shape index (κ2) is 9.49. The summed E-state index contributed by atoms with van der Waals surface area (Å²) >= 11 is 0. The maximum atomic E-state index is 14.5. The highest BCUT2D eigenvalue weighted by molar-refractivity contribution is 5.59. The smallest absolute Gasteiger partial charge is 0.229 e. The normalized spacial score (nSPS) is 10.8. The van der Waals surface area contributed by atoms with Crippen molar-refractivity contribution in [3.63, 3.8) is 0 Å². The van der Waals surface area contributed by atoms with Crippen molar-refractivity contribution in [3.05, 3.63) is 89.6 Å². The van der Waals surface area contributed by atoms with E-state index in [2.05, 4.69) is 32.7 Å². The van der Waals surface area contributed by atoms with Crippen LogP contribution in [0.25, 0.3) is 5.82 Å². The molecule has 0 bridgehead atoms. The highest BCUT2D eigenvalue weighted by atomic mass is 19.1. The van der Waals surface area contributed by atoms with Gasteiger partial charge in [-0.3, -0.25) is 0 Å². The fourth-order valence-electron chi connectivity index (χ4n) is 3.35. The number of aromatic hydroxyl groups is 1. The van der Waals surface area contributed by atoms with E-state index in [1.807, 2.05) is 37.5 Å². The summed E-state index contributed by atoms with van der Waals surface area (Å²) in [6.45, 7) is 3.37. The van der Waals surface area contributed by atoms with E-state index in [-0.39, 0.29) is 17.5 Å². The van der Waals surface area contributed by atoms with Gasteiger partial charge >= 0.3 is 0 Å². The van der Waals surface area contributed by atoms with Crippen molar-refractivity contribution >= 4 is 11.6 Å². The summed E-state index contributed by atoms with van der Waals surface area (Å²) in [5.41, 5.74) is 3.79. The van der Waals surface area contributed by atoms with E-state index in [0.717, 1.165) is 23.9 Å². The molecule has 0 radical (unpaired) electrons. The second-order valence-corrected chi connectivity index (χ2v) is 7.37. The van der Waals surface area contributed by atoms with Gasteiger partial charge in [-0.05, 0) is 23.6 Å². The summed E-state index contributed by atoms with van der Waals surface area (Å²) in [7, 11) is 1.51. The maximum Gasteiger partial charge on any atom is 0.229 e. The van der Waals surface area contributed by atoms with E-state index < -0.39 is 5.82 Å². The SMILES string of the molecule is COc1cc(O)cc(Nc2ncc(F)c(-n3cc(C)c(CNCc4ccccc4)c3)n2)c1. The Balaban J connectivity index is 1.51. The minimum atomic E-state index is -0.539. The van der Waals surface area contributed by atoms with Crippen LogP contribution < -0.4 is 15.4 Å². The molecule has 32 heavy (non-hydrogen) atoms. The van der Waals surface area contributed by atoms with Crippen LogP contribution in [0.1, 0.15) is 16.7 Å². The number of phenols is 1. The molecule has 0 unspecified atom stereocenters. The van der Waals surface area contributed by atoms with Crippen LogP contribution in [-0.4, -0.2) is 26.8 Å². The number of nitrogens with one attached hydrogen (secondary N) is 2. The summed E-state index contributed by atoms with van der Waals surface area (Å²) in [5, 5.41) is 16.2. The van der Waals surface area contributed by atoms with E-state index in [0.29, 0.717) is 18.0 Å². The predicted molar refractivity (Wildman–Crippen MR) is 121 cm³/mol. The third-order valence-corrected chi connectivity index (χ3v) is 4.97. The van der Waals surface area contributed by atoms with Crippen molar-refractivity contribution in [2.75, 3.05) is 12.4 Å². The van der Waals surface area contributed by atoms with Crippen LogP contribution in [0.15, 0.2) is 67.1 Å². The number of halogens is 1. The number of methoxy groups -OCH3 is 1. The van der Waals surface area contributed by atoms with Crippen LogP contribution in [0.2, 0.25) is 0 Å². The van der Waals surface area contributed by atoms with Crippen LogP contribution in [0.4, 0.5) is 16.0 Å². The molecule has 0 amide bonds. The molecule has 3 N–H and O–H groups in total. The van der Waals surface area contributed by atoms with Crippen molar-refractivity contribution in [3.8, 4) is 17.3 Å². The molecule has 0 aliphatic carbocycles. The number of ether oxygens (including phenoxy) is 1. The number of aryl methyl sites for hydroxylation is 1.